The van der Waals surface area contributed by atoms with Crippen molar-refractivity contribution in [3.05, 3.63) is 28.6 Å². The first-order chi connectivity index (χ1) is 7.66. The van der Waals surface area contributed by atoms with E-state index in [0.717, 1.165) is 17.1 Å². The molecule has 2 aromatic rings. The first kappa shape index (κ1) is 11.8. The molecule has 0 aliphatic carbocycles. The molecule has 1 unspecified atom stereocenters. The van der Waals surface area contributed by atoms with E-state index < -0.39 is 0 Å². The summed E-state index contributed by atoms with van der Waals surface area (Å²) in [7, 11) is 0. The highest BCUT2D eigenvalue weighted by molar-refractivity contribution is 7.20. The average Bonchev–Trinajstić information content (AvgIpc) is 2.87. The van der Waals surface area contributed by atoms with Crippen molar-refractivity contribution >= 4 is 22.7 Å². The molecule has 0 aliphatic rings. The van der Waals surface area contributed by atoms with Gasteiger partial charge in [-0.1, -0.05) is 19.9 Å². The van der Waals surface area contributed by atoms with Gasteiger partial charge in [-0.3, -0.25) is 0 Å². The van der Waals surface area contributed by atoms with E-state index in [9.17, 15) is 0 Å². The summed E-state index contributed by atoms with van der Waals surface area (Å²) >= 11 is 3.40. The molecular weight excluding hydrogens is 236 g/mol. The van der Waals surface area contributed by atoms with Gasteiger partial charge in [0.1, 0.15) is 5.01 Å². The van der Waals surface area contributed by atoms with Gasteiger partial charge in [0.05, 0.1) is 10.6 Å². The predicted octanol–water partition coefficient (Wildman–Crippen LogP) is 3.92. The van der Waals surface area contributed by atoms with Gasteiger partial charge in [0, 0.05) is 11.4 Å². The van der Waals surface area contributed by atoms with Gasteiger partial charge in [-0.2, -0.15) is 0 Å². The molecule has 0 amide bonds. The quantitative estimate of drug-likeness (QED) is 0.895. The van der Waals surface area contributed by atoms with Crippen LogP contribution >= 0.6 is 22.7 Å². The fourth-order valence-electron chi connectivity index (χ4n) is 1.60. The number of thiazole rings is 1. The summed E-state index contributed by atoms with van der Waals surface area (Å²) in [4.78, 5) is 5.84. The van der Waals surface area contributed by atoms with E-state index in [1.54, 1.807) is 22.7 Å². The Morgan fingerprint density at radius 3 is 2.81 bits per heavy atom. The monoisotopic (exact) mass is 252 g/mol. The van der Waals surface area contributed by atoms with Gasteiger partial charge in [0.2, 0.25) is 0 Å². The maximum Gasteiger partial charge on any atom is 0.133 e. The van der Waals surface area contributed by atoms with Crippen LogP contribution in [0, 0.1) is 5.92 Å². The minimum atomic E-state index is 0.0740. The van der Waals surface area contributed by atoms with Crippen molar-refractivity contribution in [1.82, 2.24) is 4.98 Å². The molecule has 0 spiro atoms. The second kappa shape index (κ2) is 5.08. The Kier molecular flexibility index (Phi) is 3.74. The third kappa shape index (κ3) is 2.70. The number of nitrogens with two attached hydrogens (primary N) is 1. The number of hydrogen-bond acceptors (Lipinski definition) is 4. The van der Waals surface area contributed by atoms with Crippen LogP contribution in [-0.2, 0) is 0 Å². The fourth-order valence-corrected chi connectivity index (χ4v) is 3.30. The van der Waals surface area contributed by atoms with Crippen molar-refractivity contribution in [2.45, 2.75) is 26.3 Å². The normalized spacial score (nSPS) is 13.2. The lowest BCUT2D eigenvalue weighted by atomic mass is 10.0. The van der Waals surface area contributed by atoms with Crippen molar-refractivity contribution in [2.24, 2.45) is 11.7 Å². The zero-order chi connectivity index (χ0) is 11.5. The van der Waals surface area contributed by atoms with Gasteiger partial charge in [-0.15, -0.1) is 22.7 Å². The van der Waals surface area contributed by atoms with Crippen molar-refractivity contribution in [3.63, 3.8) is 0 Å². The van der Waals surface area contributed by atoms with Gasteiger partial charge in [-0.05, 0) is 23.8 Å². The lowest BCUT2D eigenvalue weighted by Crippen LogP contribution is -2.13. The Bertz CT molecular complexity index is 432. The standard InChI is InChI=1S/C12H16N2S2/c1-8(2)6-9(13)10-7-16-12(14-10)11-4-3-5-15-11/h3-5,7-9H,6,13H2,1-2H3. The number of aromatic nitrogens is 1. The number of rotatable bonds is 4. The predicted molar refractivity (Wildman–Crippen MR) is 71.8 cm³/mol. The summed E-state index contributed by atoms with van der Waals surface area (Å²) in [5, 5.41) is 5.25. The average molecular weight is 252 g/mol. The molecule has 0 radical (unpaired) electrons. The van der Waals surface area contributed by atoms with Crippen molar-refractivity contribution in [3.8, 4) is 9.88 Å². The molecule has 2 N–H and O–H groups in total. The Balaban J connectivity index is 2.13. The van der Waals surface area contributed by atoms with E-state index in [0.29, 0.717) is 5.92 Å². The molecule has 0 aliphatic heterocycles. The van der Waals surface area contributed by atoms with E-state index in [2.05, 4.69) is 41.7 Å². The molecule has 0 saturated heterocycles. The summed E-state index contributed by atoms with van der Waals surface area (Å²) in [6.07, 6.45) is 0.994. The number of nitrogens with zero attached hydrogens (tertiary/aromatic N) is 1. The van der Waals surface area contributed by atoms with Crippen LogP contribution in [0.1, 0.15) is 32.0 Å². The maximum atomic E-state index is 6.11. The maximum absolute atomic E-state index is 6.11. The minimum absolute atomic E-state index is 0.0740. The van der Waals surface area contributed by atoms with Crippen molar-refractivity contribution < 1.29 is 0 Å². The van der Waals surface area contributed by atoms with Crippen LogP contribution in [-0.4, -0.2) is 4.98 Å². The van der Waals surface area contributed by atoms with Crippen LogP contribution in [0.4, 0.5) is 0 Å². The SMILES string of the molecule is CC(C)CC(N)c1csc(-c2cccs2)n1. The van der Waals surface area contributed by atoms with Crippen LogP contribution in [0.25, 0.3) is 9.88 Å². The first-order valence-corrected chi connectivity index (χ1v) is 7.17. The molecule has 0 saturated carbocycles. The highest BCUT2D eigenvalue weighted by Crippen LogP contribution is 2.30. The molecule has 4 heteroatoms. The van der Waals surface area contributed by atoms with E-state index in [4.69, 9.17) is 5.73 Å². The number of thiophene rings is 1. The van der Waals surface area contributed by atoms with E-state index >= 15 is 0 Å². The molecule has 0 bridgehead atoms. The molecule has 2 rings (SSSR count). The molecule has 16 heavy (non-hydrogen) atoms. The highest BCUT2D eigenvalue weighted by Gasteiger charge is 2.13. The number of hydrogen-bond donors (Lipinski definition) is 1. The van der Waals surface area contributed by atoms with Gasteiger partial charge >= 0.3 is 0 Å². The first-order valence-electron chi connectivity index (χ1n) is 5.41. The largest absolute Gasteiger partial charge is 0.323 e. The zero-order valence-corrected chi connectivity index (χ0v) is 11.1. The van der Waals surface area contributed by atoms with Gasteiger partial charge in [-0.25, -0.2) is 4.98 Å². The molecule has 0 aromatic carbocycles. The van der Waals surface area contributed by atoms with Crippen LogP contribution in [0.5, 0.6) is 0 Å². The molecule has 86 valence electrons. The van der Waals surface area contributed by atoms with Gasteiger partial charge in [0.15, 0.2) is 0 Å². The van der Waals surface area contributed by atoms with Crippen molar-refractivity contribution in [2.75, 3.05) is 0 Å². The minimum Gasteiger partial charge on any atom is -0.323 e. The molecular formula is C12H16N2S2. The molecule has 1 atom stereocenters. The topological polar surface area (TPSA) is 38.9 Å². The third-order valence-electron chi connectivity index (χ3n) is 2.36. The van der Waals surface area contributed by atoms with Crippen LogP contribution in [0.15, 0.2) is 22.9 Å². The molecule has 2 nitrogen and oxygen atoms in total. The van der Waals surface area contributed by atoms with Gasteiger partial charge in [0.25, 0.3) is 0 Å². The third-order valence-corrected chi connectivity index (χ3v) is 4.26. The Morgan fingerprint density at radius 1 is 1.38 bits per heavy atom. The lowest BCUT2D eigenvalue weighted by Gasteiger charge is -2.10. The molecule has 2 aromatic heterocycles. The highest BCUT2D eigenvalue weighted by atomic mass is 32.1. The summed E-state index contributed by atoms with van der Waals surface area (Å²) in [6.45, 7) is 4.37. The van der Waals surface area contributed by atoms with Crippen LogP contribution in [0.3, 0.4) is 0 Å². The second-order valence-corrected chi connectivity index (χ2v) is 6.10. The molecule has 0 fully saturated rings. The molecule has 2 heterocycles. The Labute approximate surface area is 104 Å². The lowest BCUT2D eigenvalue weighted by molar-refractivity contribution is 0.504. The fraction of sp³-hybridized carbons (Fsp3) is 0.417. The van der Waals surface area contributed by atoms with Crippen LogP contribution < -0.4 is 5.73 Å². The summed E-state index contributed by atoms with van der Waals surface area (Å²) in [5.41, 5.74) is 7.14. The second-order valence-electron chi connectivity index (χ2n) is 4.29. The smallest absolute Gasteiger partial charge is 0.133 e. The van der Waals surface area contributed by atoms with Crippen LogP contribution in [0.2, 0.25) is 0 Å². The zero-order valence-electron chi connectivity index (χ0n) is 9.51. The van der Waals surface area contributed by atoms with Crippen molar-refractivity contribution in [1.29, 1.82) is 0 Å². The Hall–Kier alpha value is -0.710. The summed E-state index contributed by atoms with van der Waals surface area (Å²) in [6, 6.07) is 4.22. The Morgan fingerprint density at radius 2 is 2.19 bits per heavy atom. The van der Waals surface area contributed by atoms with E-state index in [1.807, 2.05) is 0 Å². The van der Waals surface area contributed by atoms with E-state index in [1.165, 1.54) is 4.88 Å². The summed E-state index contributed by atoms with van der Waals surface area (Å²) < 4.78 is 0. The summed E-state index contributed by atoms with van der Waals surface area (Å²) in [5.74, 6) is 0.613. The van der Waals surface area contributed by atoms with E-state index in [-0.39, 0.29) is 6.04 Å². The van der Waals surface area contributed by atoms with Gasteiger partial charge < -0.3 is 5.73 Å².